The Bertz CT molecular complexity index is 638. The van der Waals surface area contributed by atoms with E-state index in [1.165, 1.54) is 37.9 Å². The van der Waals surface area contributed by atoms with Gasteiger partial charge in [-0.1, -0.05) is 25.5 Å². The fourth-order valence-electron chi connectivity index (χ4n) is 4.60. The van der Waals surface area contributed by atoms with Gasteiger partial charge in [0.2, 0.25) is 0 Å². The first-order valence-corrected chi connectivity index (χ1v) is 9.53. The molecule has 2 atom stereocenters. The molecule has 3 nitrogen and oxygen atoms in total. The van der Waals surface area contributed by atoms with Crippen molar-refractivity contribution in [1.82, 2.24) is 10.3 Å². The van der Waals surface area contributed by atoms with E-state index in [1.54, 1.807) is 16.7 Å². The van der Waals surface area contributed by atoms with Crippen LogP contribution in [-0.4, -0.2) is 30.7 Å². The Hall–Kier alpha value is -1.61. The van der Waals surface area contributed by atoms with E-state index in [9.17, 15) is 0 Å². The molecule has 3 heterocycles. The molecule has 0 radical (unpaired) electrons. The van der Waals surface area contributed by atoms with Crippen molar-refractivity contribution in [2.75, 3.05) is 24.5 Å². The average molecular weight is 323 g/mol. The lowest BCUT2D eigenvalue weighted by Gasteiger charge is -2.40. The van der Waals surface area contributed by atoms with Crippen LogP contribution in [0.25, 0.3) is 0 Å². The van der Waals surface area contributed by atoms with Gasteiger partial charge in [0, 0.05) is 43.1 Å². The first kappa shape index (κ1) is 15.9. The van der Waals surface area contributed by atoms with Gasteiger partial charge >= 0.3 is 0 Å². The van der Waals surface area contributed by atoms with Crippen LogP contribution >= 0.6 is 0 Å². The van der Waals surface area contributed by atoms with E-state index in [0.29, 0.717) is 17.9 Å². The number of allylic oxidation sites excluding steroid dienone is 2. The molecule has 1 aliphatic carbocycles. The smallest absolute Gasteiger partial charge is 0.0400 e. The topological polar surface area (TPSA) is 28.2 Å². The van der Waals surface area contributed by atoms with Crippen LogP contribution in [0.15, 0.2) is 47.3 Å². The Morgan fingerprint density at radius 3 is 2.79 bits per heavy atom. The normalized spacial score (nSPS) is 27.5. The highest BCUT2D eigenvalue weighted by molar-refractivity contribution is 5.51. The minimum absolute atomic E-state index is 0.668. The molecule has 3 heteroatoms. The third kappa shape index (κ3) is 3.02. The quantitative estimate of drug-likeness (QED) is 0.913. The molecule has 1 aromatic heterocycles. The maximum Gasteiger partial charge on any atom is 0.0400 e. The lowest BCUT2D eigenvalue weighted by atomic mass is 9.74. The number of hydrogen-bond acceptors (Lipinski definition) is 3. The van der Waals surface area contributed by atoms with Crippen molar-refractivity contribution in [2.24, 2.45) is 11.8 Å². The summed E-state index contributed by atoms with van der Waals surface area (Å²) in [5, 5.41) is 3.78. The molecule has 128 valence electrons. The number of aromatic nitrogens is 1. The van der Waals surface area contributed by atoms with Gasteiger partial charge in [0.05, 0.1) is 0 Å². The van der Waals surface area contributed by atoms with E-state index in [1.807, 2.05) is 12.4 Å². The molecule has 0 saturated carbocycles. The molecule has 24 heavy (non-hydrogen) atoms. The summed E-state index contributed by atoms with van der Waals surface area (Å²) in [6.07, 6.45) is 11.4. The minimum Gasteiger partial charge on any atom is -0.367 e. The van der Waals surface area contributed by atoms with E-state index < -0.39 is 0 Å². The van der Waals surface area contributed by atoms with Crippen LogP contribution in [-0.2, 0) is 0 Å². The second kappa shape index (κ2) is 6.72. The van der Waals surface area contributed by atoms with E-state index in [2.05, 4.69) is 47.3 Å². The van der Waals surface area contributed by atoms with Crippen LogP contribution in [0.2, 0.25) is 0 Å². The van der Waals surface area contributed by atoms with Crippen LogP contribution in [0.3, 0.4) is 0 Å². The van der Waals surface area contributed by atoms with Gasteiger partial charge in [0.1, 0.15) is 0 Å². The second-order valence-corrected chi connectivity index (χ2v) is 7.81. The highest BCUT2D eigenvalue weighted by atomic mass is 15.1. The van der Waals surface area contributed by atoms with E-state index in [0.717, 1.165) is 13.1 Å². The van der Waals surface area contributed by atoms with Crippen molar-refractivity contribution >= 4 is 5.69 Å². The molecule has 3 aliphatic rings. The van der Waals surface area contributed by atoms with Gasteiger partial charge in [-0.3, -0.25) is 4.98 Å². The zero-order valence-electron chi connectivity index (χ0n) is 15.0. The molecule has 1 fully saturated rings. The summed E-state index contributed by atoms with van der Waals surface area (Å²) >= 11 is 0. The zero-order valence-corrected chi connectivity index (χ0v) is 15.0. The highest BCUT2D eigenvalue weighted by Gasteiger charge is 2.35. The van der Waals surface area contributed by atoms with Gasteiger partial charge in [0.25, 0.3) is 0 Å². The van der Waals surface area contributed by atoms with Crippen molar-refractivity contribution in [3.8, 4) is 0 Å². The molecule has 1 unspecified atom stereocenters. The molecule has 2 aliphatic heterocycles. The molecule has 0 amide bonds. The predicted molar refractivity (Wildman–Crippen MR) is 100 cm³/mol. The summed E-state index contributed by atoms with van der Waals surface area (Å²) in [6, 6.07) is 4.97. The summed E-state index contributed by atoms with van der Waals surface area (Å²) < 4.78 is 0. The maximum absolute atomic E-state index is 4.17. The number of anilines is 1. The molecular formula is C21H29N3. The third-order valence-electron chi connectivity index (χ3n) is 6.04. The summed E-state index contributed by atoms with van der Waals surface area (Å²) in [5.41, 5.74) is 6.30. The molecule has 4 rings (SSSR count). The van der Waals surface area contributed by atoms with Crippen molar-refractivity contribution in [3.05, 3.63) is 47.3 Å². The summed E-state index contributed by atoms with van der Waals surface area (Å²) in [4.78, 5) is 6.71. The Balaban J connectivity index is 1.64. The lowest BCUT2D eigenvalue weighted by molar-refractivity contribution is 0.406. The number of rotatable bonds is 3. The fraction of sp³-hybridized carbons (Fsp3) is 0.571. The fourth-order valence-corrected chi connectivity index (χ4v) is 4.60. The van der Waals surface area contributed by atoms with Crippen LogP contribution in [0, 0.1) is 11.8 Å². The number of nitrogens with zero attached hydrogens (tertiary/aromatic N) is 2. The van der Waals surface area contributed by atoms with Crippen LogP contribution in [0.5, 0.6) is 0 Å². The van der Waals surface area contributed by atoms with Crippen molar-refractivity contribution in [1.29, 1.82) is 0 Å². The monoisotopic (exact) mass is 323 g/mol. The van der Waals surface area contributed by atoms with Crippen molar-refractivity contribution in [2.45, 2.75) is 45.6 Å². The lowest BCUT2D eigenvalue weighted by Crippen LogP contribution is -2.41. The molecule has 1 aromatic rings. The molecular weight excluding hydrogens is 294 g/mol. The predicted octanol–water partition coefficient (Wildman–Crippen LogP) is 3.94. The van der Waals surface area contributed by atoms with Crippen LogP contribution < -0.4 is 10.2 Å². The Kier molecular flexibility index (Phi) is 4.45. The van der Waals surface area contributed by atoms with Crippen molar-refractivity contribution < 1.29 is 0 Å². The largest absolute Gasteiger partial charge is 0.367 e. The van der Waals surface area contributed by atoms with Gasteiger partial charge in [-0.15, -0.1) is 0 Å². The Morgan fingerprint density at radius 1 is 1.25 bits per heavy atom. The minimum atomic E-state index is 0.668. The highest BCUT2D eigenvalue weighted by Crippen LogP contribution is 2.40. The summed E-state index contributed by atoms with van der Waals surface area (Å²) in [7, 11) is 0. The van der Waals surface area contributed by atoms with Crippen LogP contribution in [0.1, 0.15) is 39.5 Å². The average Bonchev–Trinajstić information content (AvgIpc) is 3.15. The van der Waals surface area contributed by atoms with Gasteiger partial charge in [-0.2, -0.15) is 0 Å². The second-order valence-electron chi connectivity index (χ2n) is 7.81. The molecule has 0 spiro atoms. The molecule has 1 N–H and O–H groups in total. The van der Waals surface area contributed by atoms with Gasteiger partial charge in [-0.05, 0) is 61.4 Å². The van der Waals surface area contributed by atoms with E-state index in [-0.39, 0.29) is 0 Å². The van der Waals surface area contributed by atoms with Crippen molar-refractivity contribution in [3.63, 3.8) is 0 Å². The van der Waals surface area contributed by atoms with E-state index in [4.69, 9.17) is 0 Å². The maximum atomic E-state index is 4.17. The van der Waals surface area contributed by atoms with Gasteiger partial charge in [0.15, 0.2) is 0 Å². The first-order chi connectivity index (χ1) is 11.7. The Labute approximate surface area is 145 Å². The third-order valence-corrected chi connectivity index (χ3v) is 6.04. The number of hydrogen-bond donors (Lipinski definition) is 1. The molecule has 0 aromatic carbocycles. The standard InChI is InChI=1S/C21H29N3/c1-15(2)17-12-16-7-11-24(18-5-9-22-10-6-18)14-20(16)19(13-17)21-4-3-8-23-21/h5-6,9-10,12,15,19,21,23H,3-4,7-8,11,13-14H2,1-2H3/t19?,21-/m0/s1. The number of pyridine rings is 1. The molecule has 1 saturated heterocycles. The number of nitrogens with one attached hydrogen (secondary N) is 1. The zero-order chi connectivity index (χ0) is 16.5. The van der Waals surface area contributed by atoms with Gasteiger partial charge < -0.3 is 10.2 Å². The SMILES string of the molecule is CC(C)C1=CC2=C(CN(c3ccncc3)CC2)C([C@@H]2CCCN2)C1. The van der Waals surface area contributed by atoms with Gasteiger partial charge in [-0.25, -0.2) is 0 Å². The van der Waals surface area contributed by atoms with Crippen LogP contribution in [0.4, 0.5) is 5.69 Å². The summed E-state index contributed by atoms with van der Waals surface area (Å²) in [6.45, 7) is 8.10. The first-order valence-electron chi connectivity index (χ1n) is 9.53. The summed E-state index contributed by atoms with van der Waals surface area (Å²) in [5.74, 6) is 1.36. The van der Waals surface area contributed by atoms with E-state index >= 15 is 0 Å². The molecule has 0 bridgehead atoms. The Morgan fingerprint density at radius 2 is 2.08 bits per heavy atom.